The van der Waals surface area contributed by atoms with Crippen molar-refractivity contribution in [3.63, 3.8) is 0 Å². The van der Waals surface area contributed by atoms with E-state index < -0.39 is 22.8 Å². The third-order valence-electron chi connectivity index (χ3n) is 5.39. The average molecular weight is 371 g/mol. The van der Waals surface area contributed by atoms with E-state index in [1.54, 1.807) is 0 Å². The van der Waals surface area contributed by atoms with Gasteiger partial charge in [-0.3, -0.25) is 9.28 Å². The molecule has 3 nitrogen and oxygen atoms in total. The number of nitrogens with zero attached hydrogens (tertiary/aromatic N) is 2. The lowest BCUT2D eigenvalue weighted by Gasteiger charge is -2.31. The van der Waals surface area contributed by atoms with Gasteiger partial charge in [0.1, 0.15) is 13.1 Å². The largest absolute Gasteiger partial charge is 0.412 e. The first-order chi connectivity index (χ1) is 11.0. The Morgan fingerprint density at radius 3 is 2.12 bits per heavy atom. The Bertz CT molecular complexity index is 561. The van der Waals surface area contributed by atoms with Gasteiger partial charge in [-0.1, -0.05) is 0 Å². The van der Waals surface area contributed by atoms with E-state index in [-0.39, 0.29) is 28.5 Å². The van der Waals surface area contributed by atoms with Crippen LogP contribution in [0.5, 0.6) is 0 Å². The number of thioether (sulfide) groups is 1. The topological polar surface area (TPSA) is 29.4 Å². The summed E-state index contributed by atoms with van der Waals surface area (Å²) in [5.74, 6) is -3.80. The van der Waals surface area contributed by atoms with Gasteiger partial charge in [0.2, 0.25) is 10.7 Å². The van der Waals surface area contributed by atoms with Gasteiger partial charge >= 0.3 is 6.18 Å². The molecule has 1 saturated carbocycles. The van der Waals surface area contributed by atoms with Crippen LogP contribution >= 0.6 is 11.8 Å². The van der Waals surface area contributed by atoms with Crippen molar-refractivity contribution in [2.24, 2.45) is 4.99 Å². The second kappa shape index (κ2) is 5.65. The first kappa shape index (κ1) is 18.1. The molecule has 3 rings (SSSR count). The van der Waals surface area contributed by atoms with E-state index in [1.807, 2.05) is 0 Å². The lowest BCUT2D eigenvalue weighted by atomic mass is 9.93. The highest BCUT2D eigenvalue weighted by atomic mass is 32.2. The number of alkyl halides is 5. The third kappa shape index (κ3) is 2.98. The maximum absolute atomic E-state index is 13.5. The number of halogens is 5. The molecule has 3 aliphatic rings. The standard InChI is InChI=1S/C15H20F5N2OS/c1-13(15(18,19)20)11(23)21-12(24-13)22(8-9-22)10-4-2-6-14(16,17)7-3-5-10/h10H,2-9H2,1H3/q+1. The van der Waals surface area contributed by atoms with Crippen LogP contribution in [0.25, 0.3) is 0 Å². The quantitative estimate of drug-likeness (QED) is 0.394. The van der Waals surface area contributed by atoms with Crippen LogP contribution in [0, 0.1) is 0 Å². The highest BCUT2D eigenvalue weighted by Gasteiger charge is 2.67. The number of hydrogen-bond donors (Lipinski definition) is 0. The zero-order valence-corrected chi connectivity index (χ0v) is 14.2. The molecule has 0 aromatic heterocycles. The fourth-order valence-electron chi connectivity index (χ4n) is 3.59. The van der Waals surface area contributed by atoms with E-state index in [4.69, 9.17) is 0 Å². The maximum Gasteiger partial charge on any atom is 0.412 e. The van der Waals surface area contributed by atoms with Crippen LogP contribution < -0.4 is 0 Å². The predicted molar refractivity (Wildman–Crippen MR) is 80.9 cm³/mol. The zero-order chi connectivity index (χ0) is 17.8. The maximum atomic E-state index is 13.5. The SMILES string of the molecule is CC1(C(F)(F)F)SC([N+]2(C3CCCC(F)(F)CCC3)CC2)=NC1=O. The number of amides is 1. The molecule has 2 fully saturated rings. The highest BCUT2D eigenvalue weighted by Crippen LogP contribution is 2.51. The number of carbonyl (C=O) groups excluding carboxylic acids is 1. The van der Waals surface area contributed by atoms with Gasteiger partial charge < -0.3 is 0 Å². The Hall–Kier alpha value is -0.700. The van der Waals surface area contributed by atoms with Crippen molar-refractivity contribution in [3.8, 4) is 0 Å². The van der Waals surface area contributed by atoms with E-state index in [9.17, 15) is 26.7 Å². The summed E-state index contributed by atoms with van der Waals surface area (Å²) in [5.41, 5.74) is 0. The Balaban J connectivity index is 1.76. The Morgan fingerprint density at radius 2 is 1.71 bits per heavy atom. The van der Waals surface area contributed by atoms with Crippen molar-refractivity contribution in [3.05, 3.63) is 0 Å². The van der Waals surface area contributed by atoms with Crippen LogP contribution in [-0.2, 0) is 4.79 Å². The van der Waals surface area contributed by atoms with Crippen LogP contribution in [0.15, 0.2) is 4.99 Å². The van der Waals surface area contributed by atoms with Gasteiger partial charge in [-0.05, 0) is 31.5 Å². The highest BCUT2D eigenvalue weighted by molar-refractivity contribution is 8.15. The second-order valence-electron chi connectivity index (χ2n) is 7.11. The molecule has 0 spiro atoms. The first-order valence-electron chi connectivity index (χ1n) is 8.14. The second-order valence-corrected chi connectivity index (χ2v) is 8.49. The molecule has 2 aliphatic heterocycles. The van der Waals surface area contributed by atoms with Gasteiger partial charge in [0.25, 0.3) is 11.1 Å². The van der Waals surface area contributed by atoms with Crippen LogP contribution in [-0.4, -0.2) is 51.5 Å². The summed E-state index contributed by atoms with van der Waals surface area (Å²) in [5, 5.41) is 0.220. The first-order valence-corrected chi connectivity index (χ1v) is 8.96. The third-order valence-corrected chi connectivity index (χ3v) is 6.84. The van der Waals surface area contributed by atoms with E-state index >= 15 is 0 Å². The molecule has 2 heterocycles. The lowest BCUT2D eigenvalue weighted by Crippen LogP contribution is -2.46. The Kier molecular flexibility index (Phi) is 4.26. The van der Waals surface area contributed by atoms with Gasteiger partial charge in [0.05, 0.1) is 6.04 Å². The number of hydrogen-bond acceptors (Lipinski definition) is 2. The molecule has 24 heavy (non-hydrogen) atoms. The molecule has 9 heteroatoms. The molecular weight excluding hydrogens is 351 g/mol. The minimum Gasteiger partial charge on any atom is -0.270 e. The molecule has 0 N–H and O–H groups in total. The number of amidine groups is 1. The summed E-state index contributed by atoms with van der Waals surface area (Å²) < 4.78 is 64.3. The van der Waals surface area contributed by atoms with E-state index in [2.05, 4.69) is 4.99 Å². The molecule has 0 aromatic carbocycles. The summed E-state index contributed by atoms with van der Waals surface area (Å²) in [4.78, 5) is 15.6. The minimum atomic E-state index is -4.66. The van der Waals surface area contributed by atoms with E-state index in [0.717, 1.165) is 6.92 Å². The Labute approximate surface area is 141 Å². The fourth-order valence-corrected chi connectivity index (χ4v) is 4.84. The molecule has 0 radical (unpaired) electrons. The van der Waals surface area contributed by atoms with E-state index in [1.165, 1.54) is 0 Å². The van der Waals surface area contributed by atoms with Gasteiger partial charge in [0, 0.05) is 25.7 Å². The van der Waals surface area contributed by atoms with Crippen molar-refractivity contribution in [1.29, 1.82) is 0 Å². The van der Waals surface area contributed by atoms with Crippen molar-refractivity contribution in [2.75, 3.05) is 13.1 Å². The summed E-state index contributed by atoms with van der Waals surface area (Å²) in [6.45, 7) is 2.14. The monoisotopic (exact) mass is 371 g/mol. The molecule has 1 amide bonds. The van der Waals surface area contributed by atoms with Crippen LogP contribution in [0.3, 0.4) is 0 Å². The van der Waals surface area contributed by atoms with Gasteiger partial charge in [-0.25, -0.2) is 8.78 Å². The van der Waals surface area contributed by atoms with Crippen LogP contribution in [0.1, 0.15) is 45.4 Å². The fraction of sp³-hybridized carbons (Fsp3) is 0.867. The smallest absolute Gasteiger partial charge is 0.270 e. The van der Waals surface area contributed by atoms with Crippen molar-refractivity contribution in [2.45, 2.75) is 68.3 Å². The van der Waals surface area contributed by atoms with E-state index in [0.29, 0.717) is 50.5 Å². The minimum absolute atomic E-state index is 0.0178. The summed E-state index contributed by atoms with van der Waals surface area (Å²) in [6, 6.07) is -0.0178. The van der Waals surface area contributed by atoms with Gasteiger partial charge in [-0.2, -0.15) is 18.2 Å². The number of carbonyl (C=O) groups is 1. The molecule has 1 saturated heterocycles. The van der Waals surface area contributed by atoms with Crippen molar-refractivity contribution >= 4 is 22.8 Å². The molecular formula is C15H20F5N2OS+. The molecule has 1 aliphatic carbocycles. The summed E-state index contributed by atoms with van der Waals surface area (Å²) in [6.07, 6.45) is -3.26. The number of quaternary nitrogens is 1. The normalized spacial score (nSPS) is 33.8. The number of rotatable bonds is 1. The summed E-state index contributed by atoms with van der Waals surface area (Å²) >= 11 is 0.502. The molecule has 0 aromatic rings. The Morgan fingerprint density at radius 1 is 1.17 bits per heavy atom. The summed E-state index contributed by atoms with van der Waals surface area (Å²) in [7, 11) is 0. The van der Waals surface area contributed by atoms with Crippen LogP contribution in [0.2, 0.25) is 0 Å². The zero-order valence-electron chi connectivity index (χ0n) is 13.3. The van der Waals surface area contributed by atoms with Crippen molar-refractivity contribution in [1.82, 2.24) is 0 Å². The molecule has 1 atom stereocenters. The number of aliphatic imine (C=N–C) groups is 1. The predicted octanol–water partition coefficient (Wildman–Crippen LogP) is 4.13. The average Bonchev–Trinajstić information content (AvgIpc) is 3.16. The lowest BCUT2D eigenvalue weighted by molar-refractivity contribution is -0.730. The molecule has 136 valence electrons. The van der Waals surface area contributed by atoms with Gasteiger partial charge in [-0.15, -0.1) is 0 Å². The van der Waals surface area contributed by atoms with Gasteiger partial charge in [0.15, 0.2) is 0 Å². The molecule has 1 unspecified atom stereocenters. The van der Waals surface area contributed by atoms with Crippen LogP contribution in [0.4, 0.5) is 22.0 Å². The van der Waals surface area contributed by atoms with Crippen molar-refractivity contribution < 1.29 is 31.2 Å². The molecule has 0 bridgehead atoms.